The molecule has 1 aromatic heterocycles. The Labute approximate surface area is 201 Å². The minimum absolute atomic E-state index is 0.0843. The molecule has 0 aliphatic heterocycles. The van der Waals surface area contributed by atoms with Gasteiger partial charge in [0.25, 0.3) is 5.09 Å². The van der Waals surface area contributed by atoms with Gasteiger partial charge in [0.15, 0.2) is 9.84 Å². The molecule has 3 rings (SSSR count). The van der Waals surface area contributed by atoms with Crippen molar-refractivity contribution in [3.05, 3.63) is 76.0 Å². The zero-order valence-corrected chi connectivity index (χ0v) is 20.4. The van der Waals surface area contributed by atoms with E-state index in [1.165, 1.54) is 12.1 Å². The molecule has 0 spiro atoms. The number of sulfone groups is 1. The van der Waals surface area contributed by atoms with Crippen LogP contribution in [-0.2, 0) is 19.5 Å². The first-order chi connectivity index (χ1) is 16.0. The highest BCUT2D eigenvalue weighted by atomic mass is 32.2. The van der Waals surface area contributed by atoms with E-state index in [0.29, 0.717) is 22.5 Å². The van der Waals surface area contributed by atoms with E-state index in [-0.39, 0.29) is 17.9 Å². The van der Waals surface area contributed by atoms with Crippen molar-refractivity contribution in [2.24, 2.45) is 0 Å². The Balaban J connectivity index is 2.16. The molecular formula is C23H24N2O7S2. The van der Waals surface area contributed by atoms with Crippen molar-refractivity contribution in [2.75, 3.05) is 19.1 Å². The maximum absolute atomic E-state index is 12.1. The van der Waals surface area contributed by atoms with Crippen molar-refractivity contribution in [3.63, 3.8) is 0 Å². The van der Waals surface area contributed by atoms with Gasteiger partial charge in [-0.3, -0.25) is 4.79 Å². The Bertz CT molecular complexity index is 1300. The first kappa shape index (κ1) is 25.3. The summed E-state index contributed by atoms with van der Waals surface area (Å²) in [5.41, 5.74) is 3.32. The molecule has 1 unspecified atom stereocenters. The Morgan fingerprint density at radius 3 is 2.29 bits per heavy atom. The summed E-state index contributed by atoms with van der Waals surface area (Å²) >= 11 is 1.59. The summed E-state index contributed by atoms with van der Waals surface area (Å²) < 4.78 is 25.6. The maximum Gasteiger partial charge on any atom is 0.311 e. The van der Waals surface area contributed by atoms with Crippen molar-refractivity contribution >= 4 is 27.6 Å². The number of hydrogen-bond donors (Lipinski definition) is 1. The Kier molecular flexibility index (Phi) is 7.68. The number of benzene rings is 2. The lowest BCUT2D eigenvalue weighted by Gasteiger charge is -2.15. The average Bonchev–Trinajstić information content (AvgIpc) is 3.12. The van der Waals surface area contributed by atoms with Crippen LogP contribution in [0, 0.1) is 17.0 Å². The molecule has 0 bridgehead atoms. The van der Waals surface area contributed by atoms with Crippen LogP contribution in [0.5, 0.6) is 0 Å². The zero-order chi connectivity index (χ0) is 25.0. The molecule has 3 aromatic rings. The normalized spacial score (nSPS) is 12.3. The average molecular weight is 505 g/mol. The first-order valence-electron chi connectivity index (χ1n) is 10.2. The van der Waals surface area contributed by atoms with Crippen LogP contribution in [0.15, 0.2) is 64.4 Å². The standard InChI is InChI=1S/C23H24N2O7S2/c1-15-21(20(23(26)27)12-13-32-25(28)29)14-22(16-4-10-19(11-5-16)34(3,30)31)24(15)17-6-8-18(33-2)9-7-17/h4-11,14,20H,12-13H2,1-3H3,(H,26,27). The SMILES string of the molecule is CSc1ccc(-n2c(-c3ccc(S(C)(=O)=O)cc3)cc(C(CCO[N+](=O)[O-])C(=O)O)c2C)cc1. The monoisotopic (exact) mass is 504 g/mol. The lowest BCUT2D eigenvalue weighted by atomic mass is 9.96. The second-order valence-corrected chi connectivity index (χ2v) is 10.5. The number of carboxylic acids is 1. The summed E-state index contributed by atoms with van der Waals surface area (Å²) in [5.74, 6) is -2.15. The summed E-state index contributed by atoms with van der Waals surface area (Å²) in [6.45, 7) is 1.44. The van der Waals surface area contributed by atoms with Crippen LogP contribution in [-0.4, -0.2) is 48.3 Å². The van der Waals surface area contributed by atoms with Crippen LogP contribution in [0.3, 0.4) is 0 Å². The van der Waals surface area contributed by atoms with Crippen LogP contribution >= 0.6 is 11.8 Å². The fraction of sp³-hybridized carbons (Fsp3) is 0.261. The number of hydrogen-bond acceptors (Lipinski definition) is 7. The number of rotatable bonds is 10. The molecule has 11 heteroatoms. The van der Waals surface area contributed by atoms with E-state index in [2.05, 4.69) is 4.84 Å². The number of nitrogens with zero attached hydrogens (tertiary/aromatic N) is 2. The third kappa shape index (κ3) is 5.60. The Morgan fingerprint density at radius 1 is 1.18 bits per heavy atom. The zero-order valence-electron chi connectivity index (χ0n) is 18.8. The molecule has 1 N–H and O–H groups in total. The predicted molar refractivity (Wildman–Crippen MR) is 129 cm³/mol. The van der Waals surface area contributed by atoms with Gasteiger partial charge in [0, 0.05) is 22.5 Å². The second-order valence-electron chi connectivity index (χ2n) is 7.64. The van der Waals surface area contributed by atoms with E-state index in [0.717, 1.165) is 16.8 Å². The molecule has 0 aliphatic carbocycles. The molecule has 0 saturated carbocycles. The Hall–Kier alpha value is -3.31. The summed E-state index contributed by atoms with van der Waals surface area (Å²) in [6.07, 6.45) is 3.01. The number of carbonyl (C=O) groups is 1. The van der Waals surface area contributed by atoms with Gasteiger partial charge in [-0.1, -0.05) is 12.1 Å². The lowest BCUT2D eigenvalue weighted by Crippen LogP contribution is -2.16. The van der Waals surface area contributed by atoms with Gasteiger partial charge < -0.3 is 14.5 Å². The van der Waals surface area contributed by atoms with Crippen LogP contribution in [0.2, 0.25) is 0 Å². The first-order valence-corrected chi connectivity index (χ1v) is 13.3. The highest BCUT2D eigenvalue weighted by Crippen LogP contribution is 2.35. The number of thioether (sulfide) groups is 1. The molecule has 0 radical (unpaired) electrons. The van der Waals surface area contributed by atoms with Gasteiger partial charge in [-0.05, 0) is 73.2 Å². The topological polar surface area (TPSA) is 129 Å². The quantitative estimate of drug-likeness (QED) is 0.245. The molecular weight excluding hydrogens is 480 g/mol. The van der Waals surface area contributed by atoms with Gasteiger partial charge in [-0.25, -0.2) is 8.42 Å². The van der Waals surface area contributed by atoms with Crippen LogP contribution in [0.25, 0.3) is 16.9 Å². The summed E-state index contributed by atoms with van der Waals surface area (Å²) in [6, 6.07) is 15.8. The minimum Gasteiger partial charge on any atom is -0.481 e. The Morgan fingerprint density at radius 2 is 1.79 bits per heavy atom. The molecule has 1 atom stereocenters. The van der Waals surface area contributed by atoms with Crippen LogP contribution < -0.4 is 0 Å². The highest BCUT2D eigenvalue weighted by Gasteiger charge is 2.27. The van der Waals surface area contributed by atoms with Gasteiger partial charge in [0.05, 0.1) is 23.1 Å². The molecule has 0 fully saturated rings. The third-order valence-corrected chi connectivity index (χ3v) is 7.34. The van der Waals surface area contributed by atoms with Crippen LogP contribution in [0.1, 0.15) is 23.6 Å². The third-order valence-electron chi connectivity index (χ3n) is 5.47. The van der Waals surface area contributed by atoms with Gasteiger partial charge in [0.2, 0.25) is 0 Å². The van der Waals surface area contributed by atoms with Gasteiger partial charge in [0.1, 0.15) is 0 Å². The van der Waals surface area contributed by atoms with E-state index in [9.17, 15) is 28.4 Å². The number of carboxylic acid groups (broad SMARTS) is 1. The van der Waals surface area contributed by atoms with E-state index in [4.69, 9.17) is 0 Å². The molecule has 9 nitrogen and oxygen atoms in total. The van der Waals surface area contributed by atoms with Crippen molar-refractivity contribution in [1.29, 1.82) is 0 Å². The summed E-state index contributed by atoms with van der Waals surface area (Å²) in [7, 11) is -3.37. The van der Waals surface area contributed by atoms with Crippen molar-refractivity contribution in [3.8, 4) is 16.9 Å². The molecule has 0 saturated heterocycles. The summed E-state index contributed by atoms with van der Waals surface area (Å²) in [5, 5.41) is 19.4. The van der Waals surface area contributed by atoms with Gasteiger partial charge in [-0.15, -0.1) is 21.9 Å². The van der Waals surface area contributed by atoms with Gasteiger partial charge in [-0.2, -0.15) is 0 Å². The molecule has 0 aliphatic rings. The fourth-order valence-electron chi connectivity index (χ4n) is 3.79. The highest BCUT2D eigenvalue weighted by molar-refractivity contribution is 7.98. The minimum atomic E-state index is -3.37. The van der Waals surface area contributed by atoms with Crippen molar-refractivity contribution in [1.82, 2.24) is 4.57 Å². The van der Waals surface area contributed by atoms with Crippen molar-refractivity contribution in [2.45, 2.75) is 29.1 Å². The largest absolute Gasteiger partial charge is 0.481 e. The maximum atomic E-state index is 12.1. The number of aromatic nitrogens is 1. The molecule has 2 aromatic carbocycles. The van der Waals surface area contributed by atoms with Crippen LogP contribution in [0.4, 0.5) is 0 Å². The fourth-order valence-corrected chi connectivity index (χ4v) is 4.82. The molecule has 0 amide bonds. The van der Waals surface area contributed by atoms with E-state index >= 15 is 0 Å². The lowest BCUT2D eigenvalue weighted by molar-refractivity contribution is -0.757. The van der Waals surface area contributed by atoms with E-state index in [1.54, 1.807) is 36.9 Å². The molecule has 34 heavy (non-hydrogen) atoms. The predicted octanol–water partition coefficient (Wildman–Crippen LogP) is 4.34. The summed E-state index contributed by atoms with van der Waals surface area (Å²) in [4.78, 5) is 28.2. The van der Waals surface area contributed by atoms with E-state index < -0.39 is 26.8 Å². The van der Waals surface area contributed by atoms with Crippen molar-refractivity contribution < 1.29 is 28.2 Å². The molecule has 180 valence electrons. The smallest absolute Gasteiger partial charge is 0.311 e. The second kappa shape index (κ2) is 10.3. The number of aliphatic carboxylic acids is 1. The van der Waals surface area contributed by atoms with Gasteiger partial charge >= 0.3 is 5.97 Å². The van der Waals surface area contributed by atoms with E-state index in [1.807, 2.05) is 35.1 Å². The molecule has 1 heterocycles.